The Labute approximate surface area is 73.1 Å². The van der Waals surface area contributed by atoms with E-state index in [-0.39, 0.29) is 0 Å². The second-order valence-electron chi connectivity index (χ2n) is 3.50. The molecule has 0 amide bonds. The molecule has 1 aliphatic heterocycles. The molecule has 2 aliphatic rings. The predicted molar refractivity (Wildman–Crippen MR) is 49.7 cm³/mol. The molecule has 0 aromatic rings. The van der Waals surface area contributed by atoms with Gasteiger partial charge in [-0.05, 0) is 18.8 Å². The van der Waals surface area contributed by atoms with Crippen molar-refractivity contribution in [2.75, 3.05) is 13.1 Å². The minimum absolute atomic E-state index is 0.766. The van der Waals surface area contributed by atoms with Crippen LogP contribution >= 0.6 is 0 Å². The first-order valence-electron chi connectivity index (χ1n) is 4.57. The molecule has 0 unspecified atom stereocenters. The Morgan fingerprint density at radius 3 is 3.00 bits per heavy atom. The van der Waals surface area contributed by atoms with E-state index in [9.17, 15) is 0 Å². The van der Waals surface area contributed by atoms with Crippen molar-refractivity contribution in [1.29, 1.82) is 0 Å². The van der Waals surface area contributed by atoms with Crippen LogP contribution in [0.5, 0.6) is 0 Å². The Kier molecular flexibility index (Phi) is 2.13. The fraction of sp³-hybridized carbons (Fsp3) is 0.667. The number of rotatable bonds is 3. The van der Waals surface area contributed by atoms with Crippen LogP contribution in [0.15, 0.2) is 17.3 Å². The van der Waals surface area contributed by atoms with Crippen molar-refractivity contribution in [2.45, 2.75) is 19.3 Å². The molecular weight excluding hydrogens is 150 g/mol. The van der Waals surface area contributed by atoms with Crippen molar-refractivity contribution < 1.29 is 0 Å². The largest absolute Gasteiger partial charge is 0.226 e. The predicted octanol–water partition coefficient (Wildman–Crippen LogP) is 1.15. The molecule has 0 bridgehead atoms. The van der Waals surface area contributed by atoms with Crippen molar-refractivity contribution >= 4 is 6.21 Å². The molecule has 1 N–H and O–H groups in total. The summed E-state index contributed by atoms with van der Waals surface area (Å²) in [7, 11) is 0. The number of hydrazine groups is 1. The van der Waals surface area contributed by atoms with Crippen LogP contribution in [-0.4, -0.2) is 24.4 Å². The summed E-state index contributed by atoms with van der Waals surface area (Å²) in [5, 5.41) is 6.03. The first-order valence-corrected chi connectivity index (χ1v) is 4.57. The van der Waals surface area contributed by atoms with Crippen molar-refractivity contribution in [3.8, 4) is 0 Å². The highest BCUT2D eigenvalue weighted by atomic mass is 15.7. The molecule has 0 radical (unpaired) electrons. The Morgan fingerprint density at radius 1 is 1.67 bits per heavy atom. The van der Waals surface area contributed by atoms with E-state index in [4.69, 9.17) is 0 Å². The minimum Gasteiger partial charge on any atom is -0.226 e. The lowest BCUT2D eigenvalue weighted by Crippen LogP contribution is -2.32. The third-order valence-corrected chi connectivity index (χ3v) is 2.62. The van der Waals surface area contributed by atoms with E-state index in [1.165, 1.54) is 24.8 Å². The third-order valence-electron chi connectivity index (χ3n) is 2.62. The van der Waals surface area contributed by atoms with E-state index < -0.39 is 0 Å². The van der Waals surface area contributed by atoms with Crippen LogP contribution in [0, 0.1) is 5.92 Å². The van der Waals surface area contributed by atoms with Crippen molar-refractivity contribution in [3.05, 3.63) is 12.2 Å². The number of hydrogen-bond donors (Lipinski definition) is 1. The lowest BCUT2D eigenvalue weighted by atomic mass is 9.80. The normalized spacial score (nSPS) is 22.8. The fourth-order valence-electron chi connectivity index (χ4n) is 1.56. The highest BCUT2D eigenvalue weighted by molar-refractivity contribution is 5.60. The SMILES string of the molecule is C=C(CN1N=CCN1)C1CCC1. The number of hydrogen-bond acceptors (Lipinski definition) is 3. The zero-order chi connectivity index (χ0) is 8.39. The molecule has 0 saturated heterocycles. The van der Waals surface area contributed by atoms with Crippen LogP contribution in [0.3, 0.4) is 0 Å². The summed E-state index contributed by atoms with van der Waals surface area (Å²) in [6, 6.07) is 0. The van der Waals surface area contributed by atoms with Gasteiger partial charge in [-0.3, -0.25) is 0 Å². The smallest absolute Gasteiger partial charge is 0.0743 e. The Bertz CT molecular complexity index is 206. The van der Waals surface area contributed by atoms with E-state index in [1.54, 1.807) is 0 Å². The summed E-state index contributed by atoms with van der Waals surface area (Å²) in [5.41, 5.74) is 4.47. The maximum atomic E-state index is 4.15. The van der Waals surface area contributed by atoms with Gasteiger partial charge in [0.05, 0.1) is 13.1 Å². The van der Waals surface area contributed by atoms with Gasteiger partial charge in [0.15, 0.2) is 0 Å². The van der Waals surface area contributed by atoms with Crippen molar-refractivity contribution in [2.24, 2.45) is 11.0 Å². The van der Waals surface area contributed by atoms with E-state index in [1.807, 2.05) is 11.3 Å². The molecule has 1 heterocycles. The molecule has 3 heteroatoms. The zero-order valence-corrected chi connectivity index (χ0v) is 7.29. The lowest BCUT2D eigenvalue weighted by Gasteiger charge is -2.29. The van der Waals surface area contributed by atoms with Gasteiger partial charge in [-0.15, -0.1) is 0 Å². The molecular formula is C9H15N3. The minimum atomic E-state index is 0.766. The van der Waals surface area contributed by atoms with E-state index in [0.29, 0.717) is 0 Å². The summed E-state index contributed by atoms with van der Waals surface area (Å²) in [4.78, 5) is 0. The lowest BCUT2D eigenvalue weighted by molar-refractivity contribution is 0.231. The van der Waals surface area contributed by atoms with Gasteiger partial charge in [-0.25, -0.2) is 10.5 Å². The van der Waals surface area contributed by atoms with Gasteiger partial charge < -0.3 is 0 Å². The second-order valence-corrected chi connectivity index (χ2v) is 3.50. The maximum Gasteiger partial charge on any atom is 0.0743 e. The van der Waals surface area contributed by atoms with Crippen LogP contribution in [0.4, 0.5) is 0 Å². The molecule has 0 aromatic carbocycles. The maximum absolute atomic E-state index is 4.15. The van der Waals surface area contributed by atoms with E-state index in [0.717, 1.165) is 19.0 Å². The standard InChI is InChI=1S/C9H15N3/c1-8(9-3-2-4-9)7-12-10-5-6-11-12/h5,9,11H,1-4,6-7H2. The van der Waals surface area contributed by atoms with Gasteiger partial charge in [0.1, 0.15) is 0 Å². The molecule has 0 aromatic heterocycles. The average molecular weight is 165 g/mol. The van der Waals surface area contributed by atoms with Crippen molar-refractivity contribution in [1.82, 2.24) is 10.5 Å². The quantitative estimate of drug-likeness (QED) is 0.635. The summed E-state index contributed by atoms with van der Waals surface area (Å²) >= 11 is 0. The number of nitrogens with zero attached hydrogens (tertiary/aromatic N) is 2. The monoisotopic (exact) mass is 165 g/mol. The number of nitrogens with one attached hydrogen (secondary N) is 1. The zero-order valence-electron chi connectivity index (χ0n) is 7.29. The molecule has 2 rings (SSSR count). The molecule has 3 nitrogen and oxygen atoms in total. The third kappa shape index (κ3) is 1.50. The summed E-state index contributed by atoms with van der Waals surface area (Å²) in [5.74, 6) is 0.766. The summed E-state index contributed by atoms with van der Waals surface area (Å²) in [6.45, 7) is 5.82. The van der Waals surface area contributed by atoms with Gasteiger partial charge in [0.25, 0.3) is 0 Å². The molecule has 12 heavy (non-hydrogen) atoms. The Balaban J connectivity index is 1.77. The molecule has 0 atom stereocenters. The first kappa shape index (κ1) is 7.80. The summed E-state index contributed by atoms with van der Waals surface area (Å²) in [6.07, 6.45) is 5.92. The van der Waals surface area contributed by atoms with E-state index in [2.05, 4.69) is 17.1 Å². The Hall–Kier alpha value is -0.830. The second kappa shape index (κ2) is 3.27. The molecule has 1 saturated carbocycles. The molecule has 66 valence electrons. The van der Waals surface area contributed by atoms with Crippen LogP contribution in [0.25, 0.3) is 0 Å². The average Bonchev–Trinajstić information content (AvgIpc) is 2.34. The highest BCUT2D eigenvalue weighted by Gasteiger charge is 2.21. The van der Waals surface area contributed by atoms with Gasteiger partial charge in [0, 0.05) is 6.21 Å². The van der Waals surface area contributed by atoms with Gasteiger partial charge >= 0.3 is 0 Å². The van der Waals surface area contributed by atoms with Crippen LogP contribution in [0.2, 0.25) is 0 Å². The topological polar surface area (TPSA) is 27.6 Å². The number of hydrazone groups is 1. The first-order chi connectivity index (χ1) is 5.86. The van der Waals surface area contributed by atoms with Crippen LogP contribution < -0.4 is 5.43 Å². The van der Waals surface area contributed by atoms with Crippen LogP contribution in [-0.2, 0) is 0 Å². The summed E-state index contributed by atoms with van der Waals surface area (Å²) < 4.78 is 0. The van der Waals surface area contributed by atoms with Gasteiger partial charge in [-0.2, -0.15) is 5.10 Å². The van der Waals surface area contributed by atoms with E-state index >= 15 is 0 Å². The fourth-order valence-corrected chi connectivity index (χ4v) is 1.56. The van der Waals surface area contributed by atoms with Gasteiger partial charge in [-0.1, -0.05) is 18.6 Å². The Morgan fingerprint density at radius 2 is 2.50 bits per heavy atom. The van der Waals surface area contributed by atoms with Crippen molar-refractivity contribution in [3.63, 3.8) is 0 Å². The molecule has 1 aliphatic carbocycles. The van der Waals surface area contributed by atoms with Crippen LogP contribution in [0.1, 0.15) is 19.3 Å². The molecule has 1 fully saturated rings. The molecule has 0 spiro atoms. The highest BCUT2D eigenvalue weighted by Crippen LogP contribution is 2.32. The van der Waals surface area contributed by atoms with Gasteiger partial charge in [0.2, 0.25) is 0 Å².